The average molecular weight is 545 g/mol. The summed E-state index contributed by atoms with van der Waals surface area (Å²) in [5.41, 5.74) is 0.516. The Morgan fingerprint density at radius 3 is 3.08 bits per heavy atom. The summed E-state index contributed by atoms with van der Waals surface area (Å²) in [5, 5.41) is 5.12. The Morgan fingerprint density at radius 1 is 1.33 bits per heavy atom. The van der Waals surface area contributed by atoms with Crippen LogP contribution in [-0.4, -0.2) is 40.0 Å². The van der Waals surface area contributed by atoms with Crippen LogP contribution < -0.4 is 5.32 Å². The number of aromatic nitrogens is 1. The number of hydrogen-bond donors (Lipinski definition) is 1. The zero-order chi connectivity index (χ0) is 16.8. The average Bonchev–Trinajstić information content (AvgIpc) is 2.62. The van der Waals surface area contributed by atoms with Crippen molar-refractivity contribution in [1.82, 2.24) is 10.3 Å². The molecule has 0 radical (unpaired) electrons. The second kappa shape index (κ2) is 9.08. The summed E-state index contributed by atoms with van der Waals surface area (Å²) in [4.78, 5) is 17.0. The number of fused-ring (bicyclic) bond motifs is 1. The molecule has 3 nitrogen and oxygen atoms in total. The normalized spacial score (nSPS) is 19.7. The van der Waals surface area contributed by atoms with Crippen molar-refractivity contribution in [2.45, 2.75) is 31.7 Å². The number of pyridine rings is 1. The third kappa shape index (κ3) is 4.65. The van der Waals surface area contributed by atoms with E-state index in [-0.39, 0.29) is 11.9 Å². The predicted octanol–water partition coefficient (Wildman–Crippen LogP) is 3.51. The van der Waals surface area contributed by atoms with Crippen LogP contribution in [-0.2, 0) is 11.8 Å². The molecule has 1 fully saturated rings. The fourth-order valence-corrected chi connectivity index (χ4v) is 7.10. The molecule has 1 amide bonds. The van der Waals surface area contributed by atoms with Crippen molar-refractivity contribution in [2.75, 3.05) is 0 Å². The molecule has 1 aromatic heterocycles. The van der Waals surface area contributed by atoms with Gasteiger partial charge in [0.25, 0.3) is 0 Å². The molecule has 118 valence electrons. The molecule has 1 heterocycles. The zero-order valence-corrected chi connectivity index (χ0v) is 19.4. The molecule has 6 heteroatoms. The van der Waals surface area contributed by atoms with Crippen molar-refractivity contribution in [3.63, 3.8) is 0 Å². The van der Waals surface area contributed by atoms with Gasteiger partial charge in [-0.3, -0.25) is 0 Å². The van der Waals surface area contributed by atoms with E-state index in [0.29, 0.717) is 11.6 Å². The number of hydrogen-bond acceptors (Lipinski definition) is 3. The van der Waals surface area contributed by atoms with E-state index in [9.17, 15) is 4.79 Å². The molecule has 1 N–H and O–H groups in total. The van der Waals surface area contributed by atoms with E-state index in [4.69, 9.17) is 11.8 Å². The van der Waals surface area contributed by atoms with Gasteiger partial charge in [0.1, 0.15) is 0 Å². The van der Waals surface area contributed by atoms with Gasteiger partial charge in [0.05, 0.1) is 0 Å². The van der Waals surface area contributed by atoms with E-state index < -0.39 is 23.1 Å². The van der Waals surface area contributed by atoms with Crippen molar-refractivity contribution in [1.29, 1.82) is 0 Å². The molecule has 2 unspecified atom stereocenters. The van der Waals surface area contributed by atoms with Crippen LogP contribution in [0.2, 0.25) is 0 Å². The molecule has 1 aliphatic rings. The molecule has 2 aromatic rings. The number of benzene rings is 1. The number of nitrogens with one attached hydrogen (secondary N) is 1. The van der Waals surface area contributed by atoms with E-state index in [0.717, 1.165) is 40.5 Å². The molecule has 3 rings (SSSR count). The van der Waals surface area contributed by atoms with Crippen molar-refractivity contribution in [3.05, 3.63) is 42.2 Å². The van der Waals surface area contributed by atoms with Crippen molar-refractivity contribution in [2.24, 2.45) is 5.92 Å². The van der Waals surface area contributed by atoms with Gasteiger partial charge in [-0.15, -0.1) is 0 Å². The number of carbonyl (C=O) groups is 1. The summed E-state index contributed by atoms with van der Waals surface area (Å²) in [5.74, 6) is 3.74. The van der Waals surface area contributed by atoms with Crippen LogP contribution in [0.3, 0.4) is 0 Å². The van der Waals surface area contributed by atoms with Crippen molar-refractivity contribution < 1.29 is 4.79 Å². The van der Waals surface area contributed by atoms with Gasteiger partial charge >= 0.3 is 160 Å². The van der Waals surface area contributed by atoms with Crippen molar-refractivity contribution in [3.8, 4) is 9.40 Å². The van der Waals surface area contributed by atoms with Crippen LogP contribution in [0.15, 0.2) is 36.5 Å². The van der Waals surface area contributed by atoms with Crippen molar-refractivity contribution >= 4 is 55.6 Å². The van der Waals surface area contributed by atoms with Gasteiger partial charge in [-0.1, -0.05) is 0 Å². The topological polar surface area (TPSA) is 42.0 Å². The van der Waals surface area contributed by atoms with Gasteiger partial charge in [0.2, 0.25) is 0 Å². The van der Waals surface area contributed by atoms with Crippen LogP contribution in [0.1, 0.15) is 36.2 Å². The molecule has 0 aliphatic heterocycles. The molecule has 2 atom stereocenters. The first-order valence-electron chi connectivity index (χ1n) is 8.08. The molecule has 0 saturated heterocycles. The van der Waals surface area contributed by atoms with E-state index >= 15 is 0 Å². The molecule has 1 aliphatic carbocycles. The van der Waals surface area contributed by atoms with Gasteiger partial charge in [-0.2, -0.15) is 0 Å². The van der Waals surface area contributed by atoms with Gasteiger partial charge in [0.15, 0.2) is 0 Å². The maximum atomic E-state index is 12.7. The summed E-state index contributed by atoms with van der Waals surface area (Å²) in [7, 11) is 0. The Labute approximate surface area is 159 Å². The zero-order valence-electron chi connectivity index (χ0n) is 13.2. The van der Waals surface area contributed by atoms with Gasteiger partial charge in [-0.25, -0.2) is 0 Å². The number of nitrogens with zero attached hydrogens (tertiary/aromatic N) is 1. The summed E-state index contributed by atoms with van der Waals surface area (Å²) in [6.07, 6.45) is 5.94. The molecule has 1 aromatic carbocycles. The van der Waals surface area contributed by atoms with E-state index in [1.807, 2.05) is 30.3 Å². The van der Waals surface area contributed by atoms with Crippen LogP contribution in [0.25, 0.3) is 10.8 Å². The van der Waals surface area contributed by atoms with Crippen LogP contribution in [0.5, 0.6) is 0 Å². The molecule has 1 saturated carbocycles. The monoisotopic (exact) mass is 545 g/mol. The minimum absolute atomic E-state index is 0.0754. The number of carbonyl (C=O) groups excluding carboxylic acids is 1. The summed E-state index contributed by atoms with van der Waals surface area (Å²) in [6.45, 7) is 0. The van der Waals surface area contributed by atoms with Gasteiger partial charge in [-0.05, 0) is 0 Å². The van der Waals surface area contributed by atoms with Crippen LogP contribution in [0, 0.1) is 15.3 Å². The quantitative estimate of drug-likeness (QED) is 0.358. The second-order valence-corrected chi connectivity index (χ2v) is 18.5. The second-order valence-electron chi connectivity index (χ2n) is 5.94. The molecule has 0 spiro atoms. The molecule has 24 heavy (non-hydrogen) atoms. The molecular formula is C18H17N2OPSTl+. The Kier molecular flexibility index (Phi) is 6.82. The summed E-state index contributed by atoms with van der Waals surface area (Å²) < 4.78 is 4.46. The van der Waals surface area contributed by atoms with Crippen LogP contribution in [0.4, 0.5) is 0 Å². The number of amides is 1. The molecule has 0 bridgehead atoms. The van der Waals surface area contributed by atoms with Gasteiger partial charge < -0.3 is 0 Å². The first kappa shape index (κ1) is 18.0. The Hall–Kier alpha value is -0.768. The SMILES string of the molecule is O=C(NC1CCCC(C#[C][Tl]=[P+]=S)C1)c1nccc2ccccc12. The first-order chi connectivity index (χ1) is 11.8. The summed E-state index contributed by atoms with van der Waals surface area (Å²) >= 11 is 4.02. The number of rotatable bonds is 2. The summed E-state index contributed by atoms with van der Waals surface area (Å²) in [6, 6.07) is 10.0. The first-order valence-corrected chi connectivity index (χ1v) is 18.3. The fourth-order valence-electron chi connectivity index (χ4n) is 3.19. The third-order valence-corrected chi connectivity index (χ3v) is 10.7. The Bertz CT molecular complexity index is 865. The standard InChI is InChI=1S/C18H17N2O.PS.Tl/c1-2-13-6-5-8-15(12-13)20-18(21)17-16-9-4-3-7-14(16)10-11-19-17;1-2;/h3-4,7,9-11,13,15H,5-6,8,12H2,(H,20,21);;/q;-1;+2. The Balaban J connectivity index is 1.72. The van der Waals surface area contributed by atoms with E-state index in [1.54, 1.807) is 6.20 Å². The predicted molar refractivity (Wildman–Crippen MR) is 103 cm³/mol. The molecular weight excluding hydrogens is 528 g/mol. The van der Waals surface area contributed by atoms with E-state index in [1.165, 1.54) is 0 Å². The minimum atomic E-state index is -0.975. The fraction of sp³-hybridized carbons (Fsp3) is 0.333. The third-order valence-electron chi connectivity index (χ3n) is 4.30. The Morgan fingerprint density at radius 2 is 2.21 bits per heavy atom. The maximum absolute atomic E-state index is 12.7. The van der Waals surface area contributed by atoms with Crippen LogP contribution >= 0.6 is 4.00 Å². The van der Waals surface area contributed by atoms with Gasteiger partial charge in [0, 0.05) is 0 Å². The van der Waals surface area contributed by atoms with E-state index in [2.05, 4.69) is 19.7 Å².